The zero-order chi connectivity index (χ0) is 10.3. The molecule has 2 unspecified atom stereocenters. The van der Waals surface area contributed by atoms with E-state index in [0.717, 1.165) is 6.61 Å². The van der Waals surface area contributed by atoms with Gasteiger partial charge in [-0.1, -0.05) is 13.8 Å². The van der Waals surface area contributed by atoms with Gasteiger partial charge in [-0.3, -0.25) is 0 Å². The smallest absolute Gasteiger partial charge is 0.0769 e. The molecule has 0 amide bonds. The Bertz CT molecular complexity index is 117. The molecule has 0 aromatic heterocycles. The lowest BCUT2D eigenvalue weighted by molar-refractivity contribution is 0.00165. The summed E-state index contributed by atoms with van der Waals surface area (Å²) < 4.78 is 10.8. The summed E-state index contributed by atoms with van der Waals surface area (Å²) in [7, 11) is 3.69. The number of ether oxygens (including phenoxy) is 2. The number of hydrogen-bond acceptors (Lipinski definition) is 3. The van der Waals surface area contributed by atoms with E-state index >= 15 is 0 Å². The van der Waals surface area contributed by atoms with E-state index in [2.05, 4.69) is 19.2 Å². The summed E-state index contributed by atoms with van der Waals surface area (Å²) in [4.78, 5) is 0. The van der Waals surface area contributed by atoms with Crippen LogP contribution >= 0.6 is 0 Å². The Kier molecular flexibility index (Phi) is 7.23. The molecule has 0 fully saturated rings. The van der Waals surface area contributed by atoms with Crippen LogP contribution in [0, 0.1) is 5.92 Å². The first-order valence-corrected chi connectivity index (χ1v) is 4.95. The molecule has 0 radical (unpaired) electrons. The predicted molar refractivity (Wildman–Crippen MR) is 55.0 cm³/mol. The number of methoxy groups -OCH3 is 1. The Morgan fingerprint density at radius 3 is 2.23 bits per heavy atom. The number of likely N-dealkylation sites (N-methyl/N-ethyl adjacent to an activating group) is 1. The van der Waals surface area contributed by atoms with Gasteiger partial charge in [0.15, 0.2) is 0 Å². The van der Waals surface area contributed by atoms with Crippen LogP contribution in [0.5, 0.6) is 0 Å². The molecular formula is C10H23NO2. The van der Waals surface area contributed by atoms with Gasteiger partial charge in [0.25, 0.3) is 0 Å². The molecule has 2 atom stereocenters. The Balaban J connectivity index is 4.00. The molecule has 0 spiro atoms. The van der Waals surface area contributed by atoms with E-state index in [1.54, 1.807) is 7.11 Å². The molecule has 0 aromatic carbocycles. The monoisotopic (exact) mass is 189 g/mol. The van der Waals surface area contributed by atoms with E-state index in [9.17, 15) is 0 Å². The fourth-order valence-corrected chi connectivity index (χ4v) is 1.49. The molecule has 0 rings (SSSR count). The summed E-state index contributed by atoms with van der Waals surface area (Å²) >= 11 is 0. The van der Waals surface area contributed by atoms with Gasteiger partial charge in [-0.05, 0) is 19.9 Å². The first kappa shape index (κ1) is 12.9. The number of hydrogen-bond donors (Lipinski definition) is 1. The highest BCUT2D eigenvalue weighted by Crippen LogP contribution is 2.10. The second kappa shape index (κ2) is 7.30. The van der Waals surface area contributed by atoms with Crippen LogP contribution in [-0.4, -0.2) is 39.5 Å². The van der Waals surface area contributed by atoms with Crippen LogP contribution in [0.3, 0.4) is 0 Å². The van der Waals surface area contributed by atoms with Crippen LogP contribution in [0.4, 0.5) is 0 Å². The van der Waals surface area contributed by atoms with Gasteiger partial charge in [0.1, 0.15) is 0 Å². The molecule has 0 bridgehead atoms. The minimum absolute atomic E-state index is 0.219. The molecule has 80 valence electrons. The van der Waals surface area contributed by atoms with Crippen molar-refractivity contribution >= 4 is 0 Å². The normalized spacial score (nSPS) is 16.2. The van der Waals surface area contributed by atoms with Crippen LogP contribution in [0.15, 0.2) is 0 Å². The van der Waals surface area contributed by atoms with Gasteiger partial charge in [0, 0.05) is 13.7 Å². The van der Waals surface area contributed by atoms with Crippen LogP contribution < -0.4 is 5.32 Å². The Labute approximate surface area is 81.8 Å². The maximum absolute atomic E-state index is 5.42. The summed E-state index contributed by atoms with van der Waals surface area (Å²) in [6.45, 7) is 7.79. The molecule has 0 saturated carbocycles. The van der Waals surface area contributed by atoms with Crippen LogP contribution in [0.25, 0.3) is 0 Å². The lowest BCUT2D eigenvalue weighted by Crippen LogP contribution is -2.45. The topological polar surface area (TPSA) is 30.5 Å². The summed E-state index contributed by atoms with van der Waals surface area (Å²) in [6, 6.07) is 0.282. The van der Waals surface area contributed by atoms with Crippen LogP contribution in [0.1, 0.15) is 20.8 Å². The van der Waals surface area contributed by atoms with Crippen molar-refractivity contribution < 1.29 is 9.47 Å². The van der Waals surface area contributed by atoms with E-state index < -0.39 is 0 Å². The van der Waals surface area contributed by atoms with E-state index in [4.69, 9.17) is 9.47 Å². The molecule has 0 heterocycles. The summed E-state index contributed by atoms with van der Waals surface area (Å²) in [5.74, 6) is 0.503. The highest BCUT2D eigenvalue weighted by molar-refractivity contribution is 4.77. The second-order valence-electron chi connectivity index (χ2n) is 3.50. The predicted octanol–water partition coefficient (Wildman–Crippen LogP) is 1.28. The van der Waals surface area contributed by atoms with Crippen LogP contribution in [-0.2, 0) is 9.47 Å². The van der Waals surface area contributed by atoms with E-state index in [1.807, 2.05) is 14.0 Å². The van der Waals surface area contributed by atoms with Crippen molar-refractivity contribution in [1.29, 1.82) is 0 Å². The molecule has 0 aliphatic rings. The SMILES string of the molecule is CCOCC(NC)C(OC)C(C)C. The largest absolute Gasteiger partial charge is 0.380 e. The van der Waals surface area contributed by atoms with Gasteiger partial charge in [0.2, 0.25) is 0 Å². The van der Waals surface area contributed by atoms with Crippen molar-refractivity contribution in [1.82, 2.24) is 5.32 Å². The highest BCUT2D eigenvalue weighted by atomic mass is 16.5. The Hall–Kier alpha value is -0.120. The number of nitrogens with one attached hydrogen (secondary N) is 1. The van der Waals surface area contributed by atoms with Gasteiger partial charge in [-0.15, -0.1) is 0 Å². The average Bonchev–Trinajstić information content (AvgIpc) is 2.11. The summed E-state index contributed by atoms with van der Waals surface area (Å²) in [5.41, 5.74) is 0. The van der Waals surface area contributed by atoms with E-state index in [1.165, 1.54) is 0 Å². The first-order valence-electron chi connectivity index (χ1n) is 4.95. The molecule has 0 aliphatic heterocycles. The quantitative estimate of drug-likeness (QED) is 0.654. The maximum atomic E-state index is 5.42. The summed E-state index contributed by atoms with van der Waals surface area (Å²) in [6.07, 6.45) is 0.219. The maximum Gasteiger partial charge on any atom is 0.0769 e. The first-order chi connectivity index (χ1) is 6.17. The minimum atomic E-state index is 0.219. The fourth-order valence-electron chi connectivity index (χ4n) is 1.49. The van der Waals surface area contributed by atoms with Gasteiger partial charge < -0.3 is 14.8 Å². The van der Waals surface area contributed by atoms with E-state index in [0.29, 0.717) is 12.5 Å². The van der Waals surface area contributed by atoms with Gasteiger partial charge >= 0.3 is 0 Å². The van der Waals surface area contributed by atoms with Gasteiger partial charge in [-0.25, -0.2) is 0 Å². The lowest BCUT2D eigenvalue weighted by Gasteiger charge is -2.28. The van der Waals surface area contributed by atoms with Crippen LogP contribution in [0.2, 0.25) is 0 Å². The molecule has 1 N–H and O–H groups in total. The van der Waals surface area contributed by atoms with Crippen molar-refractivity contribution in [2.45, 2.75) is 32.9 Å². The molecular weight excluding hydrogens is 166 g/mol. The van der Waals surface area contributed by atoms with Crippen molar-refractivity contribution in [2.24, 2.45) is 5.92 Å². The molecule has 0 aromatic rings. The number of rotatable bonds is 7. The average molecular weight is 189 g/mol. The third-order valence-corrected chi connectivity index (χ3v) is 2.20. The van der Waals surface area contributed by atoms with Crippen molar-refractivity contribution in [3.63, 3.8) is 0 Å². The second-order valence-corrected chi connectivity index (χ2v) is 3.50. The van der Waals surface area contributed by atoms with Gasteiger partial charge in [-0.2, -0.15) is 0 Å². The van der Waals surface area contributed by atoms with E-state index in [-0.39, 0.29) is 12.1 Å². The molecule has 13 heavy (non-hydrogen) atoms. The molecule has 3 nitrogen and oxygen atoms in total. The van der Waals surface area contributed by atoms with Crippen molar-refractivity contribution in [2.75, 3.05) is 27.4 Å². The molecule has 0 aliphatic carbocycles. The zero-order valence-corrected chi connectivity index (χ0v) is 9.46. The Morgan fingerprint density at radius 1 is 1.31 bits per heavy atom. The molecule has 3 heteroatoms. The van der Waals surface area contributed by atoms with Crippen molar-refractivity contribution in [3.05, 3.63) is 0 Å². The third kappa shape index (κ3) is 4.60. The standard InChI is InChI=1S/C10H23NO2/c1-6-13-7-9(11-4)10(12-5)8(2)3/h8-11H,6-7H2,1-5H3. The minimum Gasteiger partial charge on any atom is -0.380 e. The Morgan fingerprint density at radius 2 is 1.92 bits per heavy atom. The zero-order valence-electron chi connectivity index (χ0n) is 9.46. The summed E-state index contributed by atoms with van der Waals surface area (Å²) in [5, 5.41) is 3.22. The third-order valence-electron chi connectivity index (χ3n) is 2.20. The van der Waals surface area contributed by atoms with Gasteiger partial charge in [0.05, 0.1) is 18.8 Å². The fraction of sp³-hybridized carbons (Fsp3) is 1.00. The van der Waals surface area contributed by atoms with Crippen molar-refractivity contribution in [3.8, 4) is 0 Å². The highest BCUT2D eigenvalue weighted by Gasteiger charge is 2.22. The molecule has 0 saturated heterocycles. The lowest BCUT2D eigenvalue weighted by atomic mass is 10.0.